The molecule has 0 unspecified atom stereocenters. The Balaban J connectivity index is 0.000000458. The first kappa shape index (κ1) is 29.0. The first-order chi connectivity index (χ1) is 14.9. The molecule has 4 nitrogen and oxygen atoms in total. The average Bonchev–Trinajstić information content (AvgIpc) is 2.75. The monoisotopic (exact) mass is 566 g/mol. The second-order valence-corrected chi connectivity index (χ2v) is 9.19. The molecular weight excluding hydrogens is 538 g/mol. The number of rotatable bonds is 5. The van der Waals surface area contributed by atoms with E-state index in [1.807, 2.05) is 0 Å². The van der Waals surface area contributed by atoms with Gasteiger partial charge in [-0.05, 0) is 43.0 Å². The van der Waals surface area contributed by atoms with Crippen LogP contribution in [0.3, 0.4) is 0 Å². The van der Waals surface area contributed by atoms with Crippen LogP contribution < -0.4 is 10.5 Å². The van der Waals surface area contributed by atoms with Gasteiger partial charge in [0.1, 0.15) is 0 Å². The van der Waals surface area contributed by atoms with Crippen LogP contribution in [0.5, 0.6) is 0 Å². The van der Waals surface area contributed by atoms with Crippen LogP contribution in [0.25, 0.3) is 0 Å². The van der Waals surface area contributed by atoms with Crippen molar-refractivity contribution in [2.75, 3.05) is 0 Å². The Morgan fingerprint density at radius 2 is 1.27 bits per heavy atom. The number of hydrogen-bond donors (Lipinski definition) is 2. The Kier molecular flexibility index (Phi) is 10.9. The molecule has 9 heteroatoms. The summed E-state index contributed by atoms with van der Waals surface area (Å²) in [7, 11) is -5.53. The molecule has 3 N–H and O–H groups in total. The van der Waals surface area contributed by atoms with Gasteiger partial charge in [0, 0.05) is 19.5 Å². The van der Waals surface area contributed by atoms with E-state index in [0.29, 0.717) is 11.1 Å². The van der Waals surface area contributed by atoms with Gasteiger partial charge in [-0.3, -0.25) is 0 Å². The third kappa shape index (κ3) is 8.34. The van der Waals surface area contributed by atoms with Crippen molar-refractivity contribution in [3.05, 3.63) is 107 Å². The maximum Gasteiger partial charge on any atom is 0.511 e. The molecule has 2 atom stereocenters. The maximum atomic E-state index is 12.7. The molecule has 0 aliphatic carbocycles. The molecular formula is C24H27F3N2O2RuS. The van der Waals surface area contributed by atoms with Crippen molar-refractivity contribution in [1.82, 2.24) is 4.72 Å². The maximum absolute atomic E-state index is 12.7. The van der Waals surface area contributed by atoms with E-state index in [4.69, 9.17) is 5.73 Å². The fraction of sp³-hybridized carbons (Fsp3) is 0.250. The second-order valence-electron chi connectivity index (χ2n) is 7.48. The fourth-order valence-corrected chi connectivity index (χ4v) is 3.75. The van der Waals surface area contributed by atoms with Crippen LogP contribution in [0.15, 0.2) is 78.9 Å². The second kappa shape index (κ2) is 12.4. The topological polar surface area (TPSA) is 72.2 Å². The van der Waals surface area contributed by atoms with Crippen molar-refractivity contribution >= 4 is 10.0 Å². The first-order valence-electron chi connectivity index (χ1n) is 9.90. The summed E-state index contributed by atoms with van der Waals surface area (Å²) in [5.41, 5.74) is 5.59. The minimum atomic E-state index is -5.53. The quantitative estimate of drug-likeness (QED) is 0.403. The predicted molar refractivity (Wildman–Crippen MR) is 121 cm³/mol. The van der Waals surface area contributed by atoms with Gasteiger partial charge in [-0.1, -0.05) is 84.4 Å². The van der Waals surface area contributed by atoms with Gasteiger partial charge in [-0.15, -0.1) is 0 Å². The van der Waals surface area contributed by atoms with E-state index in [1.54, 1.807) is 53.3 Å². The fourth-order valence-electron chi connectivity index (χ4n) is 3.00. The van der Waals surface area contributed by atoms with Gasteiger partial charge in [-0.25, -0.2) is 8.42 Å². The van der Waals surface area contributed by atoms with Gasteiger partial charge in [0.05, 0.1) is 12.1 Å². The van der Waals surface area contributed by atoms with Crippen molar-refractivity contribution in [2.24, 2.45) is 5.73 Å². The van der Waals surface area contributed by atoms with Crippen molar-refractivity contribution in [3.8, 4) is 0 Å². The largest absolute Gasteiger partial charge is 0.511 e. The minimum absolute atomic E-state index is 0. The van der Waals surface area contributed by atoms with E-state index in [0.717, 1.165) is 0 Å². The van der Waals surface area contributed by atoms with Crippen LogP contribution in [-0.2, 0) is 29.5 Å². The zero-order valence-electron chi connectivity index (χ0n) is 18.4. The van der Waals surface area contributed by atoms with Crippen molar-refractivity contribution in [3.63, 3.8) is 0 Å². The molecule has 3 rings (SSSR count). The number of nitrogens with two attached hydrogens (primary N) is 1. The van der Waals surface area contributed by atoms with Crippen molar-refractivity contribution < 1.29 is 41.1 Å². The van der Waals surface area contributed by atoms with E-state index in [1.165, 1.54) is 28.8 Å². The molecule has 3 aromatic rings. The number of alkyl halides is 3. The van der Waals surface area contributed by atoms with Gasteiger partial charge < -0.3 is 5.73 Å². The molecule has 0 aromatic heterocycles. The Morgan fingerprint density at radius 3 is 1.70 bits per heavy atom. The molecule has 180 valence electrons. The Labute approximate surface area is 206 Å². The van der Waals surface area contributed by atoms with Gasteiger partial charge in [-0.2, -0.15) is 17.9 Å². The molecule has 0 fully saturated rings. The smallest absolute Gasteiger partial charge is 0.322 e. The third-order valence-corrected chi connectivity index (χ3v) is 6.13. The normalized spacial score (nSPS) is 13.2. The number of aryl methyl sites for hydroxylation is 3. The number of sulfonamides is 1. The summed E-state index contributed by atoms with van der Waals surface area (Å²) < 4.78 is 62.7. The molecule has 0 bridgehead atoms. The van der Waals surface area contributed by atoms with Crippen LogP contribution in [0.2, 0.25) is 0 Å². The summed E-state index contributed by atoms with van der Waals surface area (Å²) in [4.78, 5) is 0. The average molecular weight is 566 g/mol. The predicted octanol–water partition coefficient (Wildman–Crippen LogP) is 5.48. The zero-order chi connectivity index (χ0) is 23.9. The number of nitrogens with one attached hydrogen (secondary N) is 1. The SMILES string of the molecule is Cc1ccc(C)c(C)c1.N[C@@H](c1ccccc1)[C@@H](NS(=O)(=O)C(F)(F)F)c1ccccc1.[Ru]. The number of hydrogen-bond acceptors (Lipinski definition) is 3. The summed E-state index contributed by atoms with van der Waals surface area (Å²) in [5, 5.41) is 0. The molecule has 0 aliphatic heterocycles. The third-order valence-electron chi connectivity index (χ3n) is 4.95. The van der Waals surface area contributed by atoms with E-state index < -0.39 is 27.6 Å². The van der Waals surface area contributed by atoms with E-state index in [9.17, 15) is 21.6 Å². The molecule has 33 heavy (non-hydrogen) atoms. The van der Waals surface area contributed by atoms with E-state index in [2.05, 4.69) is 39.0 Å². The molecule has 0 saturated heterocycles. The summed E-state index contributed by atoms with van der Waals surface area (Å²) in [6.45, 7) is 6.39. The Bertz CT molecular complexity index is 1110. The van der Waals surface area contributed by atoms with Crippen LogP contribution in [0, 0.1) is 20.8 Å². The van der Waals surface area contributed by atoms with Gasteiger partial charge in [0.2, 0.25) is 0 Å². The molecule has 0 radical (unpaired) electrons. The molecule has 3 aromatic carbocycles. The van der Waals surface area contributed by atoms with Crippen LogP contribution in [-0.4, -0.2) is 13.9 Å². The number of benzene rings is 3. The number of halogens is 3. The molecule has 0 heterocycles. The van der Waals surface area contributed by atoms with Crippen LogP contribution in [0.4, 0.5) is 13.2 Å². The van der Waals surface area contributed by atoms with E-state index in [-0.39, 0.29) is 19.5 Å². The van der Waals surface area contributed by atoms with Gasteiger partial charge >= 0.3 is 15.5 Å². The zero-order valence-corrected chi connectivity index (χ0v) is 21.0. The molecule has 0 saturated carbocycles. The van der Waals surface area contributed by atoms with Crippen LogP contribution in [0.1, 0.15) is 39.9 Å². The van der Waals surface area contributed by atoms with Crippen molar-refractivity contribution in [2.45, 2.75) is 38.4 Å². The summed E-state index contributed by atoms with van der Waals surface area (Å²) in [6.07, 6.45) is 0. The first-order valence-corrected chi connectivity index (χ1v) is 11.4. The van der Waals surface area contributed by atoms with Crippen LogP contribution >= 0.6 is 0 Å². The summed E-state index contributed by atoms with van der Waals surface area (Å²) in [6, 6.07) is 20.5. The van der Waals surface area contributed by atoms with Crippen molar-refractivity contribution in [1.29, 1.82) is 0 Å². The summed E-state index contributed by atoms with van der Waals surface area (Å²) in [5.74, 6) is 0. The Morgan fingerprint density at radius 1 is 0.788 bits per heavy atom. The van der Waals surface area contributed by atoms with Gasteiger partial charge in [0.25, 0.3) is 0 Å². The van der Waals surface area contributed by atoms with Gasteiger partial charge in [0.15, 0.2) is 0 Å². The van der Waals surface area contributed by atoms with E-state index >= 15 is 0 Å². The standard InChI is InChI=1S/C15H15F3N2O2S.C9H12.Ru/c16-15(17,18)23(21,22)20-14(12-9-5-2-6-10-12)13(19)11-7-3-1-4-8-11;1-7-4-5-8(2)9(3)6-7;/h1-10,13-14,20H,19H2;4-6H,1-3H3;/t13-,14-;;/m0../s1. The molecule has 0 amide bonds. The Hall–Kier alpha value is -2.06. The molecule has 0 spiro atoms. The minimum Gasteiger partial charge on any atom is -0.322 e. The molecule has 0 aliphatic rings. The summed E-state index contributed by atoms with van der Waals surface area (Å²) >= 11 is 0.